The summed E-state index contributed by atoms with van der Waals surface area (Å²) in [6, 6.07) is 2.23. The fraction of sp³-hybridized carbons (Fsp3) is 0.111. The highest BCUT2D eigenvalue weighted by Crippen LogP contribution is 2.28. The van der Waals surface area contributed by atoms with Gasteiger partial charge < -0.3 is 5.73 Å². The predicted octanol–water partition coefficient (Wildman–Crippen LogP) is 2.37. The molecule has 1 aromatic carbocycles. The molecule has 15 heavy (non-hydrogen) atoms. The minimum Gasteiger partial charge on any atom is -0.374 e. The third-order valence-corrected chi connectivity index (χ3v) is 2.71. The van der Waals surface area contributed by atoms with E-state index in [1.807, 2.05) is 0 Å². The number of nitrogen functional groups attached to an aromatic ring is 1. The monoisotopic (exact) mass is 227 g/mol. The number of rotatable bonds is 1. The Balaban J connectivity index is 2.58. The molecular weight excluding hydrogens is 220 g/mol. The molecule has 2 N–H and O–H groups in total. The largest absolute Gasteiger partial charge is 0.374 e. The van der Waals surface area contributed by atoms with Crippen LogP contribution in [0.3, 0.4) is 0 Å². The van der Waals surface area contributed by atoms with Crippen molar-refractivity contribution in [3.63, 3.8) is 0 Å². The number of halogens is 2. The standard InChI is InChI=1S/C9H7F2N3S/c1-4-2-5(7(11)3-6(4)10)8-13-14-9(12)15-8/h2-3H,1H3,(H2,12,14). The topological polar surface area (TPSA) is 51.8 Å². The number of anilines is 1. The third kappa shape index (κ3) is 1.80. The van der Waals surface area contributed by atoms with Crippen molar-refractivity contribution >= 4 is 16.5 Å². The molecule has 0 saturated heterocycles. The molecule has 0 atom stereocenters. The average Bonchev–Trinajstić information content (AvgIpc) is 2.58. The fourth-order valence-electron chi connectivity index (χ4n) is 1.16. The molecule has 0 amide bonds. The van der Waals surface area contributed by atoms with Crippen LogP contribution in [-0.2, 0) is 0 Å². The molecule has 3 nitrogen and oxygen atoms in total. The summed E-state index contributed by atoms with van der Waals surface area (Å²) in [5, 5.41) is 7.88. The summed E-state index contributed by atoms with van der Waals surface area (Å²) < 4.78 is 26.4. The number of hydrogen-bond acceptors (Lipinski definition) is 4. The summed E-state index contributed by atoms with van der Waals surface area (Å²) >= 11 is 1.06. The van der Waals surface area contributed by atoms with E-state index in [-0.39, 0.29) is 10.7 Å². The van der Waals surface area contributed by atoms with Crippen molar-refractivity contribution in [2.75, 3.05) is 5.73 Å². The average molecular weight is 227 g/mol. The maximum Gasteiger partial charge on any atom is 0.203 e. The number of nitrogens with two attached hydrogens (primary N) is 1. The molecular formula is C9H7F2N3S. The molecule has 6 heteroatoms. The van der Waals surface area contributed by atoms with E-state index in [2.05, 4.69) is 10.2 Å². The van der Waals surface area contributed by atoms with Gasteiger partial charge >= 0.3 is 0 Å². The Bertz CT molecular complexity index is 510. The van der Waals surface area contributed by atoms with Crippen LogP contribution in [0.1, 0.15) is 5.56 Å². The van der Waals surface area contributed by atoms with Crippen molar-refractivity contribution in [3.05, 3.63) is 29.3 Å². The zero-order valence-electron chi connectivity index (χ0n) is 7.79. The summed E-state index contributed by atoms with van der Waals surface area (Å²) in [5.74, 6) is -1.23. The molecule has 0 aliphatic carbocycles. The van der Waals surface area contributed by atoms with Gasteiger partial charge in [0.15, 0.2) is 5.01 Å². The second-order valence-electron chi connectivity index (χ2n) is 3.03. The first-order chi connectivity index (χ1) is 7.08. The lowest BCUT2D eigenvalue weighted by Gasteiger charge is -2.01. The number of hydrogen-bond donors (Lipinski definition) is 1. The molecule has 0 saturated carbocycles. The molecule has 0 bridgehead atoms. The van der Waals surface area contributed by atoms with E-state index in [4.69, 9.17) is 5.73 Å². The van der Waals surface area contributed by atoms with Crippen molar-refractivity contribution in [2.45, 2.75) is 6.92 Å². The van der Waals surface area contributed by atoms with E-state index >= 15 is 0 Å². The minimum atomic E-state index is -0.658. The van der Waals surface area contributed by atoms with E-state index in [9.17, 15) is 8.78 Å². The summed E-state index contributed by atoms with van der Waals surface area (Å²) in [5.41, 5.74) is 5.97. The van der Waals surface area contributed by atoms with Crippen LogP contribution in [0.2, 0.25) is 0 Å². The van der Waals surface area contributed by atoms with E-state index in [0.29, 0.717) is 10.6 Å². The second kappa shape index (κ2) is 3.54. The summed E-state index contributed by atoms with van der Waals surface area (Å²) in [4.78, 5) is 0. The van der Waals surface area contributed by atoms with Crippen LogP contribution in [0.15, 0.2) is 12.1 Å². The molecule has 78 valence electrons. The zero-order valence-corrected chi connectivity index (χ0v) is 8.61. The lowest BCUT2D eigenvalue weighted by Crippen LogP contribution is -1.90. The van der Waals surface area contributed by atoms with E-state index in [1.165, 1.54) is 6.07 Å². The lowest BCUT2D eigenvalue weighted by molar-refractivity contribution is 0.579. The smallest absolute Gasteiger partial charge is 0.203 e. The van der Waals surface area contributed by atoms with Gasteiger partial charge in [-0.25, -0.2) is 8.78 Å². The van der Waals surface area contributed by atoms with Gasteiger partial charge in [0, 0.05) is 11.6 Å². The van der Waals surface area contributed by atoms with Crippen molar-refractivity contribution < 1.29 is 8.78 Å². The molecule has 2 aromatic rings. The summed E-state index contributed by atoms with van der Waals surface area (Å²) in [6.07, 6.45) is 0. The number of benzene rings is 1. The van der Waals surface area contributed by atoms with Gasteiger partial charge in [-0.05, 0) is 18.6 Å². The van der Waals surface area contributed by atoms with Gasteiger partial charge in [-0.15, -0.1) is 10.2 Å². The van der Waals surface area contributed by atoms with Gasteiger partial charge in [0.05, 0.1) is 0 Å². The van der Waals surface area contributed by atoms with Crippen molar-refractivity contribution in [3.8, 4) is 10.6 Å². The van der Waals surface area contributed by atoms with Crippen molar-refractivity contribution in [1.29, 1.82) is 0 Å². The molecule has 0 radical (unpaired) electrons. The second-order valence-corrected chi connectivity index (χ2v) is 4.04. The van der Waals surface area contributed by atoms with Crippen LogP contribution in [0.5, 0.6) is 0 Å². The Hall–Kier alpha value is -1.56. The quantitative estimate of drug-likeness (QED) is 0.813. The van der Waals surface area contributed by atoms with Gasteiger partial charge in [0.25, 0.3) is 0 Å². The number of aromatic nitrogens is 2. The Morgan fingerprint density at radius 2 is 1.93 bits per heavy atom. The minimum absolute atomic E-state index is 0.225. The zero-order chi connectivity index (χ0) is 11.0. The van der Waals surface area contributed by atoms with Gasteiger partial charge in [-0.2, -0.15) is 0 Å². The predicted molar refractivity (Wildman–Crippen MR) is 54.4 cm³/mol. The normalized spacial score (nSPS) is 10.6. The van der Waals surface area contributed by atoms with Crippen molar-refractivity contribution in [1.82, 2.24) is 10.2 Å². The Labute approximate surface area is 88.6 Å². The van der Waals surface area contributed by atoms with Crippen LogP contribution < -0.4 is 5.73 Å². The molecule has 1 aromatic heterocycles. The number of aryl methyl sites for hydroxylation is 1. The highest BCUT2D eigenvalue weighted by molar-refractivity contribution is 7.18. The van der Waals surface area contributed by atoms with Gasteiger partial charge in [0.2, 0.25) is 5.13 Å². The fourth-order valence-corrected chi connectivity index (χ4v) is 1.79. The summed E-state index contributed by atoms with van der Waals surface area (Å²) in [6.45, 7) is 1.56. The van der Waals surface area contributed by atoms with Crippen LogP contribution >= 0.6 is 11.3 Å². The molecule has 1 heterocycles. The SMILES string of the molecule is Cc1cc(-c2nnc(N)s2)c(F)cc1F. The molecule has 0 spiro atoms. The highest BCUT2D eigenvalue weighted by atomic mass is 32.1. The van der Waals surface area contributed by atoms with Crippen LogP contribution in [0.4, 0.5) is 13.9 Å². The molecule has 0 aliphatic rings. The first kappa shape index (κ1) is 9.97. The van der Waals surface area contributed by atoms with Crippen LogP contribution in [-0.4, -0.2) is 10.2 Å². The van der Waals surface area contributed by atoms with Crippen LogP contribution in [0.25, 0.3) is 10.6 Å². The van der Waals surface area contributed by atoms with Gasteiger partial charge in [0.1, 0.15) is 11.6 Å². The third-order valence-electron chi connectivity index (χ3n) is 1.92. The van der Waals surface area contributed by atoms with E-state index < -0.39 is 11.6 Å². The Kier molecular flexibility index (Phi) is 2.36. The number of nitrogens with zero attached hydrogens (tertiary/aromatic N) is 2. The van der Waals surface area contributed by atoms with Gasteiger partial charge in [-0.1, -0.05) is 11.3 Å². The van der Waals surface area contributed by atoms with E-state index in [0.717, 1.165) is 17.4 Å². The Morgan fingerprint density at radius 3 is 2.53 bits per heavy atom. The molecule has 0 unspecified atom stereocenters. The first-order valence-electron chi connectivity index (χ1n) is 4.13. The van der Waals surface area contributed by atoms with Crippen molar-refractivity contribution in [2.24, 2.45) is 0 Å². The maximum atomic E-state index is 13.4. The molecule has 0 aliphatic heterocycles. The highest BCUT2D eigenvalue weighted by Gasteiger charge is 2.12. The molecule has 0 fully saturated rings. The van der Waals surface area contributed by atoms with Crippen LogP contribution in [0, 0.1) is 18.6 Å². The first-order valence-corrected chi connectivity index (χ1v) is 4.94. The summed E-state index contributed by atoms with van der Waals surface area (Å²) in [7, 11) is 0. The lowest BCUT2D eigenvalue weighted by atomic mass is 10.1. The maximum absolute atomic E-state index is 13.4. The van der Waals surface area contributed by atoms with Gasteiger partial charge in [-0.3, -0.25) is 0 Å². The van der Waals surface area contributed by atoms with E-state index in [1.54, 1.807) is 6.92 Å². The Morgan fingerprint density at radius 1 is 1.20 bits per heavy atom. The molecule has 2 rings (SSSR count).